The van der Waals surface area contributed by atoms with E-state index in [1.807, 2.05) is 0 Å². The molecule has 0 unspecified atom stereocenters. The van der Waals surface area contributed by atoms with Gasteiger partial charge in [0.25, 0.3) is 10.0 Å². The van der Waals surface area contributed by atoms with Crippen LogP contribution in [0.1, 0.15) is 6.92 Å². The number of hydrogen-bond acceptors (Lipinski definition) is 4. The van der Waals surface area contributed by atoms with Crippen LogP contribution in [-0.4, -0.2) is 30.1 Å². The summed E-state index contributed by atoms with van der Waals surface area (Å²) in [6.07, 6.45) is 5.77. The summed E-state index contributed by atoms with van der Waals surface area (Å²) in [7, 11) is -3.55. The van der Waals surface area contributed by atoms with E-state index in [0.717, 1.165) is 0 Å². The van der Waals surface area contributed by atoms with Crippen LogP contribution in [0.25, 0.3) is 0 Å². The van der Waals surface area contributed by atoms with Crippen molar-refractivity contribution in [2.45, 2.75) is 11.8 Å². The second kappa shape index (κ2) is 4.54. The van der Waals surface area contributed by atoms with Crippen LogP contribution >= 0.6 is 0 Å². The van der Waals surface area contributed by atoms with Crippen LogP contribution in [0.15, 0.2) is 41.8 Å². The van der Waals surface area contributed by atoms with Crippen molar-refractivity contribution < 1.29 is 8.42 Å². The van der Waals surface area contributed by atoms with Crippen molar-refractivity contribution in [2.75, 3.05) is 10.8 Å². The molecule has 0 aliphatic carbocycles. The third-order valence-electron chi connectivity index (χ3n) is 2.30. The Morgan fingerprint density at radius 1 is 1.35 bits per heavy atom. The fourth-order valence-electron chi connectivity index (χ4n) is 1.51. The molecule has 0 atom stereocenters. The van der Waals surface area contributed by atoms with Gasteiger partial charge in [0.05, 0.1) is 11.9 Å². The zero-order valence-electron chi connectivity index (χ0n) is 9.24. The Hall–Kier alpha value is -1.89. The first kappa shape index (κ1) is 11.6. The van der Waals surface area contributed by atoms with E-state index in [9.17, 15) is 8.42 Å². The molecule has 90 valence electrons. The highest BCUT2D eigenvalue weighted by atomic mass is 32.2. The van der Waals surface area contributed by atoms with Crippen LogP contribution < -0.4 is 4.31 Å². The lowest BCUT2D eigenvalue weighted by Gasteiger charge is -2.21. The van der Waals surface area contributed by atoms with E-state index in [-0.39, 0.29) is 4.90 Å². The molecule has 2 rings (SSSR count). The topological polar surface area (TPSA) is 79.0 Å². The number of hydrogen-bond donors (Lipinski definition) is 1. The molecule has 0 saturated carbocycles. The van der Waals surface area contributed by atoms with Crippen molar-refractivity contribution in [3.63, 3.8) is 0 Å². The van der Waals surface area contributed by atoms with Crippen LogP contribution in [0.5, 0.6) is 0 Å². The van der Waals surface area contributed by atoms with E-state index in [0.29, 0.717) is 12.2 Å². The second-order valence-corrected chi connectivity index (χ2v) is 5.17. The molecule has 7 heteroatoms. The van der Waals surface area contributed by atoms with Crippen LogP contribution in [0, 0.1) is 0 Å². The highest BCUT2D eigenvalue weighted by Gasteiger charge is 2.24. The summed E-state index contributed by atoms with van der Waals surface area (Å²) in [4.78, 5) is 4.02. The molecule has 0 saturated heterocycles. The number of aromatic amines is 1. The van der Waals surface area contributed by atoms with Crippen molar-refractivity contribution >= 4 is 15.7 Å². The number of rotatable bonds is 4. The summed E-state index contributed by atoms with van der Waals surface area (Å²) >= 11 is 0. The fourth-order valence-corrected chi connectivity index (χ4v) is 2.89. The van der Waals surface area contributed by atoms with Gasteiger partial charge in [-0.05, 0) is 19.1 Å². The Balaban J connectivity index is 2.44. The average molecular weight is 252 g/mol. The Bertz CT molecular complexity index is 566. The summed E-state index contributed by atoms with van der Waals surface area (Å²) in [5.41, 5.74) is 0.587. The van der Waals surface area contributed by atoms with E-state index in [1.54, 1.807) is 31.5 Å². The smallest absolute Gasteiger partial charge is 0.267 e. The first-order valence-corrected chi connectivity index (χ1v) is 6.52. The number of aromatic nitrogens is 3. The summed E-state index contributed by atoms with van der Waals surface area (Å²) in [6, 6.07) is 3.31. The number of nitrogens with one attached hydrogen (secondary N) is 1. The molecule has 0 aliphatic rings. The van der Waals surface area contributed by atoms with Gasteiger partial charge in [-0.25, -0.2) is 8.42 Å². The molecule has 6 nitrogen and oxygen atoms in total. The maximum Gasteiger partial charge on any atom is 0.267 e. The highest BCUT2D eigenvalue weighted by Crippen LogP contribution is 2.21. The van der Waals surface area contributed by atoms with Gasteiger partial charge in [-0.2, -0.15) is 5.10 Å². The van der Waals surface area contributed by atoms with E-state index < -0.39 is 10.0 Å². The minimum Gasteiger partial charge on any atom is -0.284 e. The van der Waals surface area contributed by atoms with E-state index >= 15 is 0 Å². The number of nitrogens with zero attached hydrogens (tertiary/aromatic N) is 3. The lowest BCUT2D eigenvalue weighted by molar-refractivity contribution is 0.592. The summed E-state index contributed by atoms with van der Waals surface area (Å²) in [5, 5.41) is 6.15. The summed E-state index contributed by atoms with van der Waals surface area (Å²) in [6.45, 7) is 2.12. The molecule has 0 spiro atoms. The molecule has 0 aromatic carbocycles. The van der Waals surface area contributed by atoms with E-state index in [1.165, 1.54) is 16.7 Å². The number of anilines is 1. The standard InChI is InChI=1S/C10H12N4O2S/c1-2-14(9-3-5-11-6-4-9)17(15,16)10-7-12-13-8-10/h3-8H,2H2,1H3,(H,12,13). The van der Waals surface area contributed by atoms with Crippen LogP contribution in [0.3, 0.4) is 0 Å². The summed E-state index contributed by atoms with van der Waals surface area (Å²) < 4.78 is 25.8. The lowest BCUT2D eigenvalue weighted by Crippen LogP contribution is -2.30. The molecule has 2 aromatic rings. The molecular weight excluding hydrogens is 240 g/mol. The summed E-state index contributed by atoms with van der Waals surface area (Å²) in [5.74, 6) is 0. The minimum atomic E-state index is -3.55. The van der Waals surface area contributed by atoms with Gasteiger partial charge in [-0.15, -0.1) is 0 Å². The van der Waals surface area contributed by atoms with Gasteiger partial charge < -0.3 is 0 Å². The third-order valence-corrected chi connectivity index (χ3v) is 4.17. The monoisotopic (exact) mass is 252 g/mol. The minimum absolute atomic E-state index is 0.149. The van der Waals surface area contributed by atoms with Gasteiger partial charge >= 0.3 is 0 Å². The Kier molecular flexibility index (Phi) is 3.10. The molecule has 0 amide bonds. The predicted octanol–water partition coefficient (Wildman–Crippen LogP) is 1.02. The maximum atomic E-state index is 12.3. The van der Waals surface area contributed by atoms with Crippen LogP contribution in [0.4, 0.5) is 5.69 Å². The first-order chi connectivity index (χ1) is 8.16. The van der Waals surface area contributed by atoms with Crippen molar-refractivity contribution in [1.29, 1.82) is 0 Å². The molecule has 0 aliphatic heterocycles. The molecule has 2 aromatic heterocycles. The number of H-pyrrole nitrogens is 1. The van der Waals surface area contributed by atoms with E-state index in [2.05, 4.69) is 15.2 Å². The lowest BCUT2D eigenvalue weighted by atomic mass is 10.4. The fraction of sp³-hybridized carbons (Fsp3) is 0.200. The van der Waals surface area contributed by atoms with Gasteiger partial charge in [0.2, 0.25) is 0 Å². The van der Waals surface area contributed by atoms with Crippen molar-refractivity contribution in [3.8, 4) is 0 Å². The molecule has 0 bridgehead atoms. The van der Waals surface area contributed by atoms with Crippen molar-refractivity contribution in [2.24, 2.45) is 0 Å². The van der Waals surface area contributed by atoms with Gasteiger partial charge in [-0.1, -0.05) is 0 Å². The van der Waals surface area contributed by atoms with Crippen LogP contribution in [0.2, 0.25) is 0 Å². The maximum absolute atomic E-state index is 12.3. The molecule has 0 radical (unpaired) electrons. The first-order valence-electron chi connectivity index (χ1n) is 5.08. The van der Waals surface area contributed by atoms with Crippen molar-refractivity contribution in [1.82, 2.24) is 15.2 Å². The second-order valence-electron chi connectivity index (χ2n) is 3.31. The molecule has 17 heavy (non-hydrogen) atoms. The molecule has 1 N–H and O–H groups in total. The Morgan fingerprint density at radius 3 is 2.59 bits per heavy atom. The van der Waals surface area contributed by atoms with Gasteiger partial charge in [-0.3, -0.25) is 14.4 Å². The quantitative estimate of drug-likeness (QED) is 0.881. The molecular formula is C10H12N4O2S. The number of pyridine rings is 1. The third kappa shape index (κ3) is 2.14. The average Bonchev–Trinajstić information content (AvgIpc) is 2.85. The van der Waals surface area contributed by atoms with Gasteiger partial charge in [0, 0.05) is 25.1 Å². The Morgan fingerprint density at radius 2 is 2.06 bits per heavy atom. The zero-order chi connectivity index (χ0) is 12.3. The highest BCUT2D eigenvalue weighted by molar-refractivity contribution is 7.92. The zero-order valence-corrected chi connectivity index (χ0v) is 10.1. The largest absolute Gasteiger partial charge is 0.284 e. The molecule has 0 fully saturated rings. The normalized spacial score (nSPS) is 11.4. The number of sulfonamides is 1. The van der Waals surface area contributed by atoms with E-state index in [4.69, 9.17) is 0 Å². The molecule has 2 heterocycles. The Labute approximate surface area is 99.4 Å². The van der Waals surface area contributed by atoms with Gasteiger partial charge in [0.15, 0.2) is 0 Å². The van der Waals surface area contributed by atoms with Gasteiger partial charge in [0.1, 0.15) is 4.90 Å². The van der Waals surface area contributed by atoms with Crippen LogP contribution in [-0.2, 0) is 10.0 Å². The van der Waals surface area contributed by atoms with Crippen molar-refractivity contribution in [3.05, 3.63) is 36.9 Å². The SMILES string of the molecule is CCN(c1ccncc1)S(=O)(=O)c1cn[nH]c1. The predicted molar refractivity (Wildman–Crippen MR) is 63.0 cm³/mol.